The molecule has 2 atom stereocenters. The molecule has 0 saturated carbocycles. The molecule has 0 bridgehead atoms. The molecular weight excluding hydrogens is 768 g/mol. The average molecular weight is 823 g/mol. The van der Waals surface area contributed by atoms with Crippen LogP contribution >= 0.6 is 0 Å². The van der Waals surface area contributed by atoms with Crippen LogP contribution in [0.2, 0.25) is 0 Å². The first kappa shape index (κ1) is 37.5. The standard InChI is InChI=1S/2C21H23.C12H9Si.Zr/c2*1-4-17-8-5-6-10-19(17)20-11-7-9-18-13-16(12-15(2)3)14-21(18)20;1-3-7-11-9(5-1)10-6-2-4-8-12(10)13-11;/h2*5-11,13-15H,4,12H2,1-3H3;1-7H,13H2;. The van der Waals surface area contributed by atoms with E-state index in [0.717, 1.165) is 25.7 Å². The summed E-state index contributed by atoms with van der Waals surface area (Å²) >= 11 is -2.88. The number of benzene rings is 6. The van der Waals surface area contributed by atoms with Crippen molar-refractivity contribution in [3.8, 4) is 33.4 Å². The van der Waals surface area contributed by atoms with Gasteiger partial charge in [-0.3, -0.25) is 0 Å². The maximum atomic E-state index is 2.70. The minimum absolute atomic E-state index is 0.478. The van der Waals surface area contributed by atoms with Crippen molar-refractivity contribution in [1.29, 1.82) is 0 Å². The number of rotatable bonds is 11. The van der Waals surface area contributed by atoms with E-state index >= 15 is 0 Å². The van der Waals surface area contributed by atoms with E-state index in [1.165, 1.54) is 50.1 Å². The van der Waals surface area contributed by atoms with Crippen LogP contribution in [0.3, 0.4) is 0 Å². The van der Waals surface area contributed by atoms with Gasteiger partial charge in [-0.1, -0.05) is 0 Å². The monoisotopic (exact) mass is 821 g/mol. The summed E-state index contributed by atoms with van der Waals surface area (Å²) in [6.07, 6.45) is 9.79. The maximum absolute atomic E-state index is 2.88. The quantitative estimate of drug-likeness (QED) is 0.114. The fourth-order valence-electron chi connectivity index (χ4n) is 10.5. The second kappa shape index (κ2) is 15.7. The predicted molar refractivity (Wildman–Crippen MR) is 242 cm³/mol. The van der Waals surface area contributed by atoms with Gasteiger partial charge in [0.1, 0.15) is 0 Å². The Kier molecular flexibility index (Phi) is 10.5. The van der Waals surface area contributed by atoms with E-state index in [1.54, 1.807) is 41.5 Å². The molecule has 0 N–H and O–H groups in total. The Morgan fingerprint density at radius 3 is 1.45 bits per heavy atom. The SMILES string of the molecule is CCc1ccccc1-c1cccc2c1C=C(CC(C)C)[CH]2[Zr]([c]1cccc2c1[SiH2]c1ccccc1-2)[CH]1C(CC(C)C)=Cc2c(-c3ccccc3CC)cccc21. The number of fused-ring (bicyclic) bond motifs is 5. The molecule has 2 aliphatic carbocycles. The molecule has 0 nitrogen and oxygen atoms in total. The summed E-state index contributed by atoms with van der Waals surface area (Å²) in [5, 5.41) is 3.39. The number of hydrogen-bond acceptors (Lipinski definition) is 0. The number of hydrogen-bond donors (Lipinski definition) is 0. The van der Waals surface area contributed by atoms with Gasteiger partial charge in [0.05, 0.1) is 0 Å². The van der Waals surface area contributed by atoms with Crippen molar-refractivity contribution in [2.24, 2.45) is 11.8 Å². The van der Waals surface area contributed by atoms with Crippen molar-refractivity contribution < 1.29 is 21.8 Å². The van der Waals surface area contributed by atoms with Gasteiger partial charge >= 0.3 is 349 Å². The van der Waals surface area contributed by atoms with E-state index < -0.39 is 31.3 Å². The average Bonchev–Trinajstić information content (AvgIpc) is 3.89. The zero-order valence-corrected chi connectivity index (χ0v) is 38.0. The molecule has 0 spiro atoms. The van der Waals surface area contributed by atoms with Crippen LogP contribution in [-0.2, 0) is 34.6 Å². The number of allylic oxidation sites excluding steroid dienone is 2. The van der Waals surface area contributed by atoms with Crippen molar-refractivity contribution in [2.45, 2.75) is 74.5 Å². The first-order valence-corrected chi connectivity index (χ1v) is 26.7. The zero-order valence-electron chi connectivity index (χ0n) is 34.1. The summed E-state index contributed by atoms with van der Waals surface area (Å²) in [5.74, 6) is 1.18. The Bertz CT molecular complexity index is 2390. The molecule has 6 aromatic rings. The molecule has 0 aromatic heterocycles. The molecule has 0 radical (unpaired) electrons. The van der Waals surface area contributed by atoms with E-state index in [9.17, 15) is 0 Å². The Hall–Kier alpha value is -4.10. The first-order valence-electron chi connectivity index (χ1n) is 21.3. The molecule has 2 heteroatoms. The van der Waals surface area contributed by atoms with Gasteiger partial charge in [0.15, 0.2) is 0 Å². The summed E-state index contributed by atoms with van der Waals surface area (Å²) in [5.41, 5.74) is 21.2. The summed E-state index contributed by atoms with van der Waals surface area (Å²) < 4.78 is 2.75. The van der Waals surface area contributed by atoms with Gasteiger partial charge in [-0.2, -0.15) is 0 Å². The fraction of sp³-hybridized carbons (Fsp3) is 0.259. The van der Waals surface area contributed by atoms with Gasteiger partial charge in [0.25, 0.3) is 0 Å². The summed E-state index contributed by atoms with van der Waals surface area (Å²) in [4.78, 5) is 0. The topological polar surface area (TPSA) is 0 Å². The molecule has 1 heterocycles. The second-order valence-electron chi connectivity index (χ2n) is 17.3. The van der Waals surface area contributed by atoms with Crippen molar-refractivity contribution >= 4 is 35.3 Å². The molecule has 0 fully saturated rings. The molecule has 9 rings (SSSR count). The molecule has 0 amide bonds. The molecule has 279 valence electrons. The van der Waals surface area contributed by atoms with Gasteiger partial charge in [-0.05, 0) is 0 Å². The van der Waals surface area contributed by atoms with E-state index in [4.69, 9.17) is 0 Å². The van der Waals surface area contributed by atoms with Gasteiger partial charge in [-0.15, -0.1) is 0 Å². The van der Waals surface area contributed by atoms with Crippen molar-refractivity contribution in [2.75, 3.05) is 0 Å². The van der Waals surface area contributed by atoms with Crippen LogP contribution in [0.25, 0.3) is 45.5 Å². The Morgan fingerprint density at radius 1 is 0.482 bits per heavy atom. The van der Waals surface area contributed by atoms with E-state index in [0.29, 0.717) is 19.1 Å². The third kappa shape index (κ3) is 6.56. The second-order valence-corrected chi connectivity index (χ2v) is 25.5. The molecular formula is C54H55SiZr. The van der Waals surface area contributed by atoms with Crippen LogP contribution in [0.1, 0.15) is 95.0 Å². The molecule has 6 aromatic carbocycles. The van der Waals surface area contributed by atoms with Crippen LogP contribution in [0.15, 0.2) is 139 Å². The molecule has 2 unspecified atom stereocenters. The number of aryl methyl sites for hydroxylation is 2. The predicted octanol–water partition coefficient (Wildman–Crippen LogP) is 11.9. The summed E-state index contributed by atoms with van der Waals surface area (Å²) in [6.45, 7) is 14.4. The summed E-state index contributed by atoms with van der Waals surface area (Å²) in [6, 6.07) is 50.0. The van der Waals surface area contributed by atoms with E-state index in [2.05, 4.69) is 181 Å². The van der Waals surface area contributed by atoms with Crippen LogP contribution in [0, 0.1) is 11.8 Å². The van der Waals surface area contributed by atoms with Crippen molar-refractivity contribution in [1.82, 2.24) is 0 Å². The van der Waals surface area contributed by atoms with Crippen LogP contribution < -0.4 is 13.6 Å². The molecule has 3 aliphatic rings. The fourth-order valence-corrected chi connectivity index (χ4v) is 24.4. The normalized spacial score (nSPS) is 16.9. The molecule has 1 aliphatic heterocycles. The zero-order chi connectivity index (χ0) is 38.5. The Labute approximate surface area is 346 Å². The van der Waals surface area contributed by atoms with Gasteiger partial charge in [0, 0.05) is 0 Å². The van der Waals surface area contributed by atoms with Gasteiger partial charge in [-0.25, -0.2) is 0 Å². The Balaban J connectivity index is 1.32. The molecule has 56 heavy (non-hydrogen) atoms. The van der Waals surface area contributed by atoms with Crippen LogP contribution in [0.5, 0.6) is 0 Å². The Morgan fingerprint density at radius 2 is 0.929 bits per heavy atom. The first-order chi connectivity index (χ1) is 27.4. The van der Waals surface area contributed by atoms with Crippen LogP contribution in [0.4, 0.5) is 0 Å². The van der Waals surface area contributed by atoms with Gasteiger partial charge < -0.3 is 0 Å². The van der Waals surface area contributed by atoms with Gasteiger partial charge in [0.2, 0.25) is 0 Å². The minimum atomic E-state index is -2.88. The third-order valence-corrected chi connectivity index (χ3v) is 24.8. The van der Waals surface area contributed by atoms with Crippen LogP contribution in [-0.4, -0.2) is 9.52 Å². The van der Waals surface area contributed by atoms with E-state index in [1.807, 2.05) is 0 Å². The third-order valence-electron chi connectivity index (χ3n) is 12.8. The van der Waals surface area contributed by atoms with Crippen molar-refractivity contribution in [3.63, 3.8) is 0 Å². The summed E-state index contributed by atoms with van der Waals surface area (Å²) in [7, 11) is -0.621. The van der Waals surface area contributed by atoms with E-state index in [-0.39, 0.29) is 0 Å². The van der Waals surface area contributed by atoms with Crippen molar-refractivity contribution in [3.05, 3.63) is 172 Å². The molecule has 0 saturated heterocycles.